The van der Waals surface area contributed by atoms with Crippen LogP contribution in [0.2, 0.25) is 0 Å². The number of aryl methyl sites for hydroxylation is 3. The van der Waals surface area contributed by atoms with Gasteiger partial charge in [0.1, 0.15) is 11.2 Å². The fourth-order valence-electron chi connectivity index (χ4n) is 3.26. The zero-order valence-corrected chi connectivity index (χ0v) is 15.6. The zero-order valence-electron chi connectivity index (χ0n) is 14.7. The fraction of sp³-hybridized carbons (Fsp3) is 0.350. The summed E-state index contributed by atoms with van der Waals surface area (Å²) in [7, 11) is 0. The Balaban J connectivity index is 1.42. The van der Waals surface area contributed by atoms with Gasteiger partial charge in [0, 0.05) is 11.4 Å². The molecule has 0 radical (unpaired) electrons. The molecule has 0 aliphatic heterocycles. The fourth-order valence-corrected chi connectivity index (χ4v) is 4.48. The van der Waals surface area contributed by atoms with Gasteiger partial charge in [0.2, 0.25) is 5.88 Å². The van der Waals surface area contributed by atoms with E-state index in [1.807, 2.05) is 31.2 Å². The smallest absolute Gasteiger partial charge is 0.258 e. The first-order valence-electron chi connectivity index (χ1n) is 8.91. The molecule has 2 heterocycles. The van der Waals surface area contributed by atoms with Gasteiger partial charge in [0.15, 0.2) is 6.61 Å². The monoisotopic (exact) mass is 367 g/mol. The third kappa shape index (κ3) is 3.55. The molecule has 4 rings (SSSR count). The third-order valence-electron chi connectivity index (χ3n) is 4.67. The van der Waals surface area contributed by atoms with Crippen LogP contribution in [0.1, 0.15) is 34.4 Å². The molecule has 1 aromatic carbocycles. The summed E-state index contributed by atoms with van der Waals surface area (Å²) in [5.74, 6) is 0.376. The van der Waals surface area contributed by atoms with Gasteiger partial charge in [-0.3, -0.25) is 4.79 Å². The van der Waals surface area contributed by atoms with Crippen molar-refractivity contribution in [3.05, 3.63) is 52.2 Å². The molecule has 2 aromatic heterocycles. The minimum absolute atomic E-state index is 0.0391. The summed E-state index contributed by atoms with van der Waals surface area (Å²) in [6, 6.07) is 8.11. The van der Waals surface area contributed by atoms with Gasteiger partial charge in [-0.2, -0.15) is 0 Å². The summed E-state index contributed by atoms with van der Waals surface area (Å²) >= 11 is 1.73. The number of nitrogens with one attached hydrogen (secondary N) is 1. The Labute approximate surface area is 156 Å². The van der Waals surface area contributed by atoms with Gasteiger partial charge >= 0.3 is 0 Å². The topological polar surface area (TPSA) is 64.1 Å². The van der Waals surface area contributed by atoms with Gasteiger partial charge in [-0.05, 0) is 43.7 Å². The maximum absolute atomic E-state index is 12.1. The van der Waals surface area contributed by atoms with Gasteiger partial charge in [0.25, 0.3) is 5.91 Å². The molecular formula is C20H21N3O2S. The number of carbonyl (C=O) groups excluding carboxylic acids is 1. The Kier molecular flexibility index (Phi) is 4.84. The van der Waals surface area contributed by atoms with Crippen LogP contribution in [-0.2, 0) is 24.2 Å². The number of aromatic nitrogens is 2. The number of fused-ring (bicyclic) bond motifs is 3. The van der Waals surface area contributed by atoms with Gasteiger partial charge < -0.3 is 10.1 Å². The number of nitrogens with zero attached hydrogens (tertiary/aromatic N) is 2. The normalized spacial score (nSPS) is 13.4. The van der Waals surface area contributed by atoms with Crippen LogP contribution < -0.4 is 10.1 Å². The number of benzene rings is 1. The molecule has 1 aliphatic rings. The second-order valence-electron chi connectivity index (χ2n) is 6.62. The molecule has 3 aromatic rings. The number of hydrogen-bond donors (Lipinski definition) is 1. The number of amides is 1. The summed E-state index contributed by atoms with van der Waals surface area (Å²) in [5.41, 5.74) is 3.59. The predicted octanol–water partition coefficient (Wildman–Crippen LogP) is 3.57. The first-order valence-corrected chi connectivity index (χ1v) is 9.72. The average Bonchev–Trinajstić information content (AvgIpc) is 3.05. The van der Waals surface area contributed by atoms with Gasteiger partial charge in [0.05, 0.1) is 5.39 Å². The van der Waals surface area contributed by atoms with Crippen molar-refractivity contribution in [1.29, 1.82) is 0 Å². The molecule has 1 N–H and O–H groups in total. The molecule has 26 heavy (non-hydrogen) atoms. The Morgan fingerprint density at radius 3 is 2.85 bits per heavy atom. The molecule has 1 aliphatic carbocycles. The Hall–Kier alpha value is -2.47. The molecular weight excluding hydrogens is 346 g/mol. The molecule has 6 heteroatoms. The maximum Gasteiger partial charge on any atom is 0.258 e. The predicted molar refractivity (Wildman–Crippen MR) is 103 cm³/mol. The maximum atomic E-state index is 12.1. The zero-order chi connectivity index (χ0) is 17.9. The molecule has 0 unspecified atom stereocenters. The molecule has 0 saturated heterocycles. The van der Waals surface area contributed by atoms with E-state index in [1.165, 1.54) is 35.2 Å². The minimum atomic E-state index is -0.151. The number of rotatable bonds is 5. The van der Waals surface area contributed by atoms with E-state index < -0.39 is 0 Å². The summed E-state index contributed by atoms with van der Waals surface area (Å²) in [6.45, 7) is 2.50. The minimum Gasteiger partial charge on any atom is -0.467 e. The van der Waals surface area contributed by atoms with Crippen molar-refractivity contribution in [2.24, 2.45) is 0 Å². The van der Waals surface area contributed by atoms with Gasteiger partial charge in [-0.15, -0.1) is 11.3 Å². The summed E-state index contributed by atoms with van der Waals surface area (Å²) in [6.07, 6.45) is 6.07. The van der Waals surface area contributed by atoms with Crippen LogP contribution in [0.3, 0.4) is 0 Å². The standard InChI is InChI=1S/C20H21N3O2S/c1-13-6-8-14(9-7-13)10-21-17(24)11-25-19-18-15-4-2-3-5-16(15)26-20(18)23-12-22-19/h6-9,12H,2-5,10-11H2,1H3,(H,21,24). The van der Waals surface area contributed by atoms with Crippen molar-refractivity contribution in [3.63, 3.8) is 0 Å². The summed E-state index contributed by atoms with van der Waals surface area (Å²) in [5, 5.41) is 3.89. The third-order valence-corrected chi connectivity index (χ3v) is 5.87. The number of carbonyl (C=O) groups is 1. The van der Waals surface area contributed by atoms with Crippen molar-refractivity contribution < 1.29 is 9.53 Å². The highest BCUT2D eigenvalue weighted by atomic mass is 32.1. The Morgan fingerprint density at radius 1 is 1.19 bits per heavy atom. The van der Waals surface area contributed by atoms with E-state index in [2.05, 4.69) is 15.3 Å². The second kappa shape index (κ2) is 7.41. The number of hydrogen-bond acceptors (Lipinski definition) is 5. The van der Waals surface area contributed by atoms with Crippen molar-refractivity contribution in [1.82, 2.24) is 15.3 Å². The number of ether oxygens (including phenoxy) is 1. The van der Waals surface area contributed by atoms with E-state index in [1.54, 1.807) is 11.3 Å². The molecule has 0 spiro atoms. The van der Waals surface area contributed by atoms with Crippen LogP contribution in [0.5, 0.6) is 5.88 Å². The van der Waals surface area contributed by atoms with Crippen molar-refractivity contribution >= 4 is 27.5 Å². The quantitative estimate of drug-likeness (QED) is 0.749. The first-order chi connectivity index (χ1) is 12.7. The number of thiophene rings is 1. The molecule has 1 amide bonds. The second-order valence-corrected chi connectivity index (χ2v) is 7.70. The van der Waals surface area contributed by atoms with Crippen LogP contribution in [-0.4, -0.2) is 22.5 Å². The molecule has 0 atom stereocenters. The first kappa shape index (κ1) is 17.0. The Bertz CT molecular complexity index is 934. The lowest BCUT2D eigenvalue weighted by Gasteiger charge is -2.12. The highest BCUT2D eigenvalue weighted by Gasteiger charge is 2.20. The molecule has 5 nitrogen and oxygen atoms in total. The van der Waals surface area contributed by atoms with Crippen molar-refractivity contribution in [3.8, 4) is 5.88 Å². The molecule has 0 bridgehead atoms. The average molecular weight is 367 g/mol. The Morgan fingerprint density at radius 2 is 2.00 bits per heavy atom. The van der Waals surface area contributed by atoms with E-state index in [0.29, 0.717) is 12.4 Å². The van der Waals surface area contributed by atoms with E-state index in [9.17, 15) is 4.79 Å². The van der Waals surface area contributed by atoms with Gasteiger partial charge in [-0.1, -0.05) is 29.8 Å². The summed E-state index contributed by atoms with van der Waals surface area (Å²) in [4.78, 5) is 23.2. The van der Waals surface area contributed by atoms with Crippen LogP contribution in [0.4, 0.5) is 0 Å². The van der Waals surface area contributed by atoms with Crippen molar-refractivity contribution in [2.75, 3.05) is 6.61 Å². The SMILES string of the molecule is Cc1ccc(CNC(=O)COc2ncnc3sc4c(c23)CCCC4)cc1. The molecule has 134 valence electrons. The van der Waals surface area contributed by atoms with E-state index in [-0.39, 0.29) is 12.5 Å². The van der Waals surface area contributed by atoms with Crippen molar-refractivity contribution in [2.45, 2.75) is 39.2 Å². The van der Waals surface area contributed by atoms with Crippen LogP contribution in [0.25, 0.3) is 10.2 Å². The highest BCUT2D eigenvalue weighted by molar-refractivity contribution is 7.18. The van der Waals surface area contributed by atoms with Crippen LogP contribution in [0, 0.1) is 6.92 Å². The molecule has 0 fully saturated rings. The summed E-state index contributed by atoms with van der Waals surface area (Å²) < 4.78 is 5.76. The largest absolute Gasteiger partial charge is 0.467 e. The van der Waals surface area contributed by atoms with E-state index in [4.69, 9.17) is 4.74 Å². The van der Waals surface area contributed by atoms with Gasteiger partial charge in [-0.25, -0.2) is 9.97 Å². The lowest BCUT2D eigenvalue weighted by molar-refractivity contribution is -0.123. The molecule has 0 saturated carbocycles. The lowest BCUT2D eigenvalue weighted by atomic mass is 9.97. The highest BCUT2D eigenvalue weighted by Crippen LogP contribution is 2.38. The van der Waals surface area contributed by atoms with Crippen LogP contribution in [0.15, 0.2) is 30.6 Å². The van der Waals surface area contributed by atoms with E-state index >= 15 is 0 Å². The van der Waals surface area contributed by atoms with E-state index in [0.717, 1.165) is 28.6 Å². The van der Waals surface area contributed by atoms with Crippen LogP contribution >= 0.6 is 11.3 Å². The lowest BCUT2D eigenvalue weighted by Crippen LogP contribution is -2.28.